The lowest BCUT2D eigenvalue weighted by atomic mass is 10.2. The zero-order valence-corrected chi connectivity index (χ0v) is 10.8. The highest BCUT2D eigenvalue weighted by atomic mass is 16.5. The number of morpholine rings is 1. The summed E-state index contributed by atoms with van der Waals surface area (Å²) in [5.74, 6) is 0.0901. The standard InChI is InChI=1S/C14H20N2O2/c1-2-14(17)15-11-12-3-5-13(6-4-12)16-7-9-18-10-8-16/h3-6H,2,7-11H2,1H3,(H,15,17). The van der Waals surface area contributed by atoms with Crippen LogP contribution in [0.3, 0.4) is 0 Å². The lowest BCUT2D eigenvalue weighted by molar-refractivity contribution is -0.120. The van der Waals surface area contributed by atoms with Crippen LogP contribution in [0.4, 0.5) is 5.69 Å². The van der Waals surface area contributed by atoms with E-state index in [4.69, 9.17) is 4.74 Å². The third-order valence-corrected chi connectivity index (χ3v) is 3.12. The van der Waals surface area contributed by atoms with E-state index in [-0.39, 0.29) is 5.91 Å². The molecule has 1 aromatic carbocycles. The Kier molecular flexibility index (Phi) is 4.59. The minimum atomic E-state index is 0.0901. The number of rotatable bonds is 4. The molecule has 2 rings (SSSR count). The van der Waals surface area contributed by atoms with E-state index in [1.165, 1.54) is 5.69 Å². The summed E-state index contributed by atoms with van der Waals surface area (Å²) in [6, 6.07) is 8.36. The van der Waals surface area contributed by atoms with E-state index in [1.54, 1.807) is 0 Å². The van der Waals surface area contributed by atoms with E-state index < -0.39 is 0 Å². The van der Waals surface area contributed by atoms with E-state index >= 15 is 0 Å². The Bertz CT molecular complexity index is 383. The quantitative estimate of drug-likeness (QED) is 0.879. The van der Waals surface area contributed by atoms with Crippen molar-refractivity contribution in [3.05, 3.63) is 29.8 Å². The van der Waals surface area contributed by atoms with Crippen LogP contribution in [0, 0.1) is 0 Å². The SMILES string of the molecule is CCC(=O)NCc1ccc(N2CCOCC2)cc1. The number of carbonyl (C=O) groups is 1. The molecule has 1 aliphatic heterocycles. The summed E-state index contributed by atoms with van der Waals surface area (Å²) < 4.78 is 5.33. The molecule has 4 nitrogen and oxygen atoms in total. The molecule has 0 unspecified atom stereocenters. The van der Waals surface area contributed by atoms with Gasteiger partial charge >= 0.3 is 0 Å². The molecule has 0 atom stereocenters. The van der Waals surface area contributed by atoms with Crippen LogP contribution in [0.2, 0.25) is 0 Å². The Labute approximate surface area is 108 Å². The Balaban J connectivity index is 1.90. The van der Waals surface area contributed by atoms with Crippen molar-refractivity contribution in [2.75, 3.05) is 31.2 Å². The molecule has 1 heterocycles. The maximum absolute atomic E-state index is 11.2. The average molecular weight is 248 g/mol. The zero-order valence-electron chi connectivity index (χ0n) is 10.8. The molecule has 1 aromatic rings. The van der Waals surface area contributed by atoms with Crippen LogP contribution in [0.5, 0.6) is 0 Å². The topological polar surface area (TPSA) is 41.6 Å². The third kappa shape index (κ3) is 3.47. The Morgan fingerprint density at radius 2 is 1.94 bits per heavy atom. The van der Waals surface area contributed by atoms with Crippen molar-refractivity contribution >= 4 is 11.6 Å². The van der Waals surface area contributed by atoms with E-state index in [2.05, 4.69) is 34.5 Å². The van der Waals surface area contributed by atoms with Gasteiger partial charge < -0.3 is 15.0 Å². The van der Waals surface area contributed by atoms with Gasteiger partial charge in [-0.2, -0.15) is 0 Å². The fourth-order valence-electron chi connectivity index (χ4n) is 1.97. The van der Waals surface area contributed by atoms with Gasteiger partial charge in [0, 0.05) is 31.7 Å². The molecule has 1 fully saturated rings. The molecule has 1 aliphatic rings. The second-order valence-corrected chi connectivity index (χ2v) is 4.40. The van der Waals surface area contributed by atoms with Crippen LogP contribution in [-0.4, -0.2) is 32.2 Å². The third-order valence-electron chi connectivity index (χ3n) is 3.12. The van der Waals surface area contributed by atoms with Crippen molar-refractivity contribution < 1.29 is 9.53 Å². The highest BCUT2D eigenvalue weighted by molar-refractivity contribution is 5.75. The second kappa shape index (κ2) is 6.40. The van der Waals surface area contributed by atoms with E-state index in [0.29, 0.717) is 13.0 Å². The molecule has 0 aliphatic carbocycles. The van der Waals surface area contributed by atoms with Crippen LogP contribution >= 0.6 is 0 Å². The monoisotopic (exact) mass is 248 g/mol. The largest absolute Gasteiger partial charge is 0.378 e. The normalized spacial score (nSPS) is 15.5. The van der Waals surface area contributed by atoms with Gasteiger partial charge in [-0.3, -0.25) is 4.79 Å². The highest BCUT2D eigenvalue weighted by Crippen LogP contribution is 2.16. The highest BCUT2D eigenvalue weighted by Gasteiger charge is 2.10. The van der Waals surface area contributed by atoms with E-state index in [1.807, 2.05) is 6.92 Å². The number of hydrogen-bond donors (Lipinski definition) is 1. The fourth-order valence-corrected chi connectivity index (χ4v) is 1.97. The number of benzene rings is 1. The Morgan fingerprint density at radius 1 is 1.28 bits per heavy atom. The summed E-state index contributed by atoms with van der Waals surface area (Å²) in [6.45, 7) is 5.97. The molecular weight excluding hydrogens is 228 g/mol. The summed E-state index contributed by atoms with van der Waals surface area (Å²) in [5.41, 5.74) is 2.36. The van der Waals surface area contributed by atoms with Crippen LogP contribution < -0.4 is 10.2 Å². The molecule has 1 saturated heterocycles. The molecule has 0 saturated carbocycles. The Hall–Kier alpha value is -1.55. The number of nitrogens with one attached hydrogen (secondary N) is 1. The lowest BCUT2D eigenvalue weighted by Crippen LogP contribution is -2.36. The summed E-state index contributed by atoms with van der Waals surface area (Å²) in [5, 5.41) is 2.88. The van der Waals surface area contributed by atoms with Gasteiger partial charge in [-0.25, -0.2) is 0 Å². The zero-order chi connectivity index (χ0) is 12.8. The molecule has 0 spiro atoms. The first-order valence-electron chi connectivity index (χ1n) is 6.48. The lowest BCUT2D eigenvalue weighted by Gasteiger charge is -2.28. The van der Waals surface area contributed by atoms with Gasteiger partial charge in [0.1, 0.15) is 0 Å². The summed E-state index contributed by atoms with van der Waals surface area (Å²) in [7, 11) is 0. The molecule has 0 bridgehead atoms. The number of carbonyl (C=O) groups excluding carboxylic acids is 1. The van der Waals surface area contributed by atoms with Crippen molar-refractivity contribution in [2.24, 2.45) is 0 Å². The number of ether oxygens (including phenoxy) is 1. The molecular formula is C14H20N2O2. The molecule has 1 amide bonds. The van der Waals surface area contributed by atoms with Crippen LogP contribution in [0.15, 0.2) is 24.3 Å². The minimum Gasteiger partial charge on any atom is -0.378 e. The van der Waals surface area contributed by atoms with Gasteiger partial charge in [-0.1, -0.05) is 19.1 Å². The first-order valence-corrected chi connectivity index (χ1v) is 6.48. The van der Waals surface area contributed by atoms with Gasteiger partial charge in [-0.05, 0) is 17.7 Å². The van der Waals surface area contributed by atoms with Gasteiger partial charge in [0.15, 0.2) is 0 Å². The fraction of sp³-hybridized carbons (Fsp3) is 0.500. The molecule has 0 radical (unpaired) electrons. The van der Waals surface area contributed by atoms with Gasteiger partial charge in [0.25, 0.3) is 0 Å². The summed E-state index contributed by atoms with van der Waals surface area (Å²) in [4.78, 5) is 13.5. The van der Waals surface area contributed by atoms with Crippen LogP contribution in [0.1, 0.15) is 18.9 Å². The summed E-state index contributed by atoms with van der Waals surface area (Å²) in [6.07, 6.45) is 0.534. The maximum Gasteiger partial charge on any atom is 0.219 e. The molecule has 1 N–H and O–H groups in total. The van der Waals surface area contributed by atoms with Crippen LogP contribution in [0.25, 0.3) is 0 Å². The van der Waals surface area contributed by atoms with Crippen LogP contribution in [-0.2, 0) is 16.1 Å². The minimum absolute atomic E-state index is 0.0901. The van der Waals surface area contributed by atoms with Gasteiger partial charge in [0.2, 0.25) is 5.91 Å². The van der Waals surface area contributed by atoms with Crippen molar-refractivity contribution in [2.45, 2.75) is 19.9 Å². The predicted octanol–water partition coefficient (Wildman–Crippen LogP) is 1.55. The molecule has 98 valence electrons. The van der Waals surface area contributed by atoms with E-state index in [0.717, 1.165) is 31.9 Å². The second-order valence-electron chi connectivity index (χ2n) is 4.40. The molecule has 0 aromatic heterocycles. The average Bonchev–Trinajstić information content (AvgIpc) is 2.46. The van der Waals surface area contributed by atoms with E-state index in [9.17, 15) is 4.79 Å². The Morgan fingerprint density at radius 3 is 2.56 bits per heavy atom. The van der Waals surface area contributed by atoms with Crippen molar-refractivity contribution in [1.82, 2.24) is 5.32 Å². The maximum atomic E-state index is 11.2. The molecule has 18 heavy (non-hydrogen) atoms. The number of anilines is 1. The first kappa shape index (κ1) is 12.9. The smallest absolute Gasteiger partial charge is 0.219 e. The number of amides is 1. The van der Waals surface area contributed by atoms with Gasteiger partial charge in [-0.15, -0.1) is 0 Å². The number of hydrogen-bond acceptors (Lipinski definition) is 3. The predicted molar refractivity (Wildman–Crippen MR) is 71.6 cm³/mol. The number of nitrogens with zero attached hydrogens (tertiary/aromatic N) is 1. The summed E-state index contributed by atoms with van der Waals surface area (Å²) >= 11 is 0. The van der Waals surface area contributed by atoms with Crippen molar-refractivity contribution in [1.29, 1.82) is 0 Å². The first-order chi connectivity index (χ1) is 8.79. The molecule has 4 heteroatoms. The van der Waals surface area contributed by atoms with Gasteiger partial charge in [0.05, 0.1) is 13.2 Å². The van der Waals surface area contributed by atoms with Crippen molar-refractivity contribution in [3.63, 3.8) is 0 Å². The van der Waals surface area contributed by atoms with Crippen molar-refractivity contribution in [3.8, 4) is 0 Å².